The highest BCUT2D eigenvalue weighted by Gasteiger charge is 2.27. The Balaban J connectivity index is 1.47. The van der Waals surface area contributed by atoms with E-state index in [1.165, 1.54) is 5.69 Å². The van der Waals surface area contributed by atoms with E-state index in [2.05, 4.69) is 22.3 Å². The van der Waals surface area contributed by atoms with Gasteiger partial charge in [-0.05, 0) is 19.1 Å². The number of ether oxygens (including phenoxy) is 1. The van der Waals surface area contributed by atoms with Gasteiger partial charge in [0.2, 0.25) is 5.91 Å². The van der Waals surface area contributed by atoms with Gasteiger partial charge in [0.15, 0.2) is 0 Å². The Labute approximate surface area is 148 Å². The van der Waals surface area contributed by atoms with Crippen LogP contribution < -0.4 is 10.2 Å². The Morgan fingerprint density at radius 3 is 2.24 bits per heavy atom. The number of nitrogens with one attached hydrogen (secondary N) is 1. The molecule has 2 aliphatic rings. The zero-order valence-corrected chi connectivity index (χ0v) is 14.7. The molecule has 0 aromatic heterocycles. The van der Waals surface area contributed by atoms with Crippen LogP contribution in [0.15, 0.2) is 30.3 Å². The fourth-order valence-corrected chi connectivity index (χ4v) is 3.20. The highest BCUT2D eigenvalue weighted by molar-refractivity contribution is 5.87. The molecule has 2 fully saturated rings. The predicted molar refractivity (Wildman–Crippen MR) is 95.6 cm³/mol. The monoisotopic (exact) mass is 346 g/mol. The van der Waals surface area contributed by atoms with Crippen LogP contribution in [-0.2, 0) is 9.53 Å². The van der Waals surface area contributed by atoms with Crippen LogP contribution >= 0.6 is 0 Å². The second kappa shape index (κ2) is 8.20. The number of rotatable bonds is 3. The van der Waals surface area contributed by atoms with Crippen molar-refractivity contribution in [2.24, 2.45) is 0 Å². The first-order valence-corrected chi connectivity index (χ1v) is 8.87. The molecule has 0 aliphatic carbocycles. The molecule has 0 radical (unpaired) electrons. The summed E-state index contributed by atoms with van der Waals surface area (Å²) in [5.41, 5.74) is 1.18. The molecule has 1 atom stereocenters. The molecule has 0 bridgehead atoms. The van der Waals surface area contributed by atoms with Gasteiger partial charge >= 0.3 is 6.03 Å². The molecule has 7 heteroatoms. The van der Waals surface area contributed by atoms with E-state index < -0.39 is 6.04 Å². The van der Waals surface area contributed by atoms with E-state index in [1.807, 2.05) is 23.1 Å². The molecule has 136 valence electrons. The molecule has 2 saturated heterocycles. The summed E-state index contributed by atoms with van der Waals surface area (Å²) in [5.74, 6) is -0.0191. The lowest BCUT2D eigenvalue weighted by molar-refractivity contribution is -0.133. The molecular formula is C18H26N4O3. The number of nitrogens with zero attached hydrogens (tertiary/aromatic N) is 3. The summed E-state index contributed by atoms with van der Waals surface area (Å²) in [6.07, 6.45) is 0. The predicted octanol–water partition coefficient (Wildman–Crippen LogP) is 0.766. The Morgan fingerprint density at radius 2 is 1.60 bits per heavy atom. The number of piperazine rings is 1. The SMILES string of the molecule is C[C@H](NC(=O)N1CCOCC1)C(=O)N1CCN(c2ccccc2)CC1. The summed E-state index contributed by atoms with van der Waals surface area (Å²) < 4.78 is 5.24. The Morgan fingerprint density at radius 1 is 0.960 bits per heavy atom. The molecule has 0 spiro atoms. The van der Waals surface area contributed by atoms with E-state index in [1.54, 1.807) is 11.8 Å². The molecule has 3 rings (SSSR count). The first-order valence-electron chi connectivity index (χ1n) is 8.87. The quantitative estimate of drug-likeness (QED) is 0.878. The van der Waals surface area contributed by atoms with Gasteiger partial charge in [-0.25, -0.2) is 4.79 Å². The zero-order valence-electron chi connectivity index (χ0n) is 14.7. The maximum atomic E-state index is 12.6. The summed E-state index contributed by atoms with van der Waals surface area (Å²) in [5, 5.41) is 2.82. The number of hydrogen-bond donors (Lipinski definition) is 1. The minimum Gasteiger partial charge on any atom is -0.378 e. The molecule has 0 unspecified atom stereocenters. The number of benzene rings is 1. The Kier molecular flexibility index (Phi) is 5.75. The van der Waals surface area contributed by atoms with Crippen molar-refractivity contribution in [3.63, 3.8) is 0 Å². The molecule has 7 nitrogen and oxygen atoms in total. The summed E-state index contributed by atoms with van der Waals surface area (Å²) >= 11 is 0. The molecular weight excluding hydrogens is 320 g/mol. The number of hydrogen-bond acceptors (Lipinski definition) is 4. The van der Waals surface area contributed by atoms with Crippen molar-refractivity contribution >= 4 is 17.6 Å². The van der Waals surface area contributed by atoms with E-state index >= 15 is 0 Å². The lowest BCUT2D eigenvalue weighted by Crippen LogP contribution is -2.56. The third-order valence-corrected chi connectivity index (χ3v) is 4.72. The number of anilines is 1. The summed E-state index contributed by atoms with van der Waals surface area (Å²) in [7, 11) is 0. The van der Waals surface area contributed by atoms with Crippen molar-refractivity contribution in [1.82, 2.24) is 15.1 Å². The van der Waals surface area contributed by atoms with Crippen LogP contribution in [0.5, 0.6) is 0 Å². The van der Waals surface area contributed by atoms with Crippen molar-refractivity contribution in [1.29, 1.82) is 0 Å². The third kappa shape index (κ3) is 4.42. The second-order valence-corrected chi connectivity index (χ2v) is 6.42. The van der Waals surface area contributed by atoms with Crippen LogP contribution in [0.2, 0.25) is 0 Å². The van der Waals surface area contributed by atoms with Crippen molar-refractivity contribution in [3.05, 3.63) is 30.3 Å². The highest BCUT2D eigenvalue weighted by Crippen LogP contribution is 2.16. The van der Waals surface area contributed by atoms with Crippen LogP contribution in [0.1, 0.15) is 6.92 Å². The van der Waals surface area contributed by atoms with Crippen molar-refractivity contribution in [2.45, 2.75) is 13.0 Å². The molecule has 25 heavy (non-hydrogen) atoms. The number of carbonyl (C=O) groups excluding carboxylic acids is 2. The topological polar surface area (TPSA) is 65.1 Å². The molecule has 0 saturated carbocycles. The van der Waals surface area contributed by atoms with E-state index in [-0.39, 0.29) is 11.9 Å². The molecule has 1 N–H and O–H groups in total. The van der Waals surface area contributed by atoms with E-state index in [0.717, 1.165) is 13.1 Å². The van der Waals surface area contributed by atoms with E-state index in [0.29, 0.717) is 39.4 Å². The molecule has 2 aliphatic heterocycles. The largest absolute Gasteiger partial charge is 0.378 e. The minimum atomic E-state index is -0.515. The maximum absolute atomic E-state index is 12.6. The molecule has 1 aromatic carbocycles. The Bertz CT molecular complexity index is 581. The van der Waals surface area contributed by atoms with Crippen LogP contribution in [0, 0.1) is 0 Å². The van der Waals surface area contributed by atoms with Crippen molar-refractivity contribution in [2.75, 3.05) is 57.4 Å². The van der Waals surface area contributed by atoms with Gasteiger partial charge < -0.3 is 24.8 Å². The average Bonchev–Trinajstić information content (AvgIpc) is 2.69. The lowest BCUT2D eigenvalue weighted by Gasteiger charge is -2.37. The third-order valence-electron chi connectivity index (χ3n) is 4.72. The van der Waals surface area contributed by atoms with Gasteiger partial charge in [-0.2, -0.15) is 0 Å². The number of para-hydroxylation sites is 1. The van der Waals surface area contributed by atoms with Gasteiger partial charge in [0, 0.05) is 45.0 Å². The Hall–Kier alpha value is -2.28. The van der Waals surface area contributed by atoms with Gasteiger partial charge in [-0.3, -0.25) is 4.79 Å². The fraction of sp³-hybridized carbons (Fsp3) is 0.556. The smallest absolute Gasteiger partial charge is 0.318 e. The van der Waals surface area contributed by atoms with Crippen LogP contribution in [0.25, 0.3) is 0 Å². The first kappa shape index (κ1) is 17.5. The van der Waals surface area contributed by atoms with Gasteiger partial charge in [-0.15, -0.1) is 0 Å². The minimum absolute atomic E-state index is 0.0191. The van der Waals surface area contributed by atoms with Gasteiger partial charge in [0.1, 0.15) is 6.04 Å². The number of morpholine rings is 1. The number of urea groups is 1. The van der Waals surface area contributed by atoms with Gasteiger partial charge in [0.05, 0.1) is 13.2 Å². The van der Waals surface area contributed by atoms with E-state index in [9.17, 15) is 9.59 Å². The lowest BCUT2D eigenvalue weighted by atomic mass is 10.2. The van der Waals surface area contributed by atoms with Crippen LogP contribution in [0.4, 0.5) is 10.5 Å². The normalized spacial score (nSPS) is 19.5. The zero-order chi connectivity index (χ0) is 17.6. The van der Waals surface area contributed by atoms with E-state index in [4.69, 9.17) is 4.74 Å². The molecule has 2 heterocycles. The van der Waals surface area contributed by atoms with Gasteiger partial charge in [-0.1, -0.05) is 18.2 Å². The standard InChI is InChI=1S/C18H26N4O3/c1-15(19-18(24)22-11-13-25-14-12-22)17(23)21-9-7-20(8-10-21)16-5-3-2-4-6-16/h2-6,15H,7-14H2,1H3,(H,19,24)/t15-/m0/s1. The van der Waals surface area contributed by atoms with Crippen LogP contribution in [-0.4, -0.2) is 80.3 Å². The summed E-state index contributed by atoms with van der Waals surface area (Å²) in [6, 6.07) is 9.52. The molecule has 1 aromatic rings. The van der Waals surface area contributed by atoms with Gasteiger partial charge in [0.25, 0.3) is 0 Å². The maximum Gasteiger partial charge on any atom is 0.318 e. The summed E-state index contributed by atoms with van der Waals surface area (Å²) in [4.78, 5) is 30.6. The summed E-state index contributed by atoms with van der Waals surface area (Å²) in [6.45, 7) is 6.96. The molecule has 3 amide bonds. The van der Waals surface area contributed by atoms with Crippen molar-refractivity contribution < 1.29 is 14.3 Å². The van der Waals surface area contributed by atoms with Crippen LogP contribution in [0.3, 0.4) is 0 Å². The average molecular weight is 346 g/mol. The number of amides is 3. The first-order chi connectivity index (χ1) is 12.1. The highest BCUT2D eigenvalue weighted by atomic mass is 16.5. The second-order valence-electron chi connectivity index (χ2n) is 6.42. The fourth-order valence-electron chi connectivity index (χ4n) is 3.20. The number of carbonyl (C=O) groups is 2. The van der Waals surface area contributed by atoms with Crippen molar-refractivity contribution in [3.8, 4) is 0 Å².